The fourth-order valence-corrected chi connectivity index (χ4v) is 7.13. The summed E-state index contributed by atoms with van der Waals surface area (Å²) in [5.41, 5.74) is 1.95. The Morgan fingerprint density at radius 1 is 1.07 bits per heavy atom. The van der Waals surface area contributed by atoms with E-state index in [1.807, 2.05) is 39.8 Å². The lowest BCUT2D eigenvalue weighted by Crippen LogP contribution is -2.59. The van der Waals surface area contributed by atoms with E-state index in [4.69, 9.17) is 0 Å². The van der Waals surface area contributed by atoms with Crippen LogP contribution in [-0.4, -0.2) is 65.5 Å². The Morgan fingerprint density at radius 2 is 1.70 bits per heavy atom. The molecule has 1 aromatic carbocycles. The Morgan fingerprint density at radius 3 is 2.26 bits per heavy atom. The fraction of sp³-hybridized carbons (Fsp3) is 0.618. The summed E-state index contributed by atoms with van der Waals surface area (Å²) in [5.74, 6) is -2.43. The van der Waals surface area contributed by atoms with Crippen molar-refractivity contribution < 1.29 is 24.0 Å². The first kappa shape index (κ1) is 32.4. The molecule has 4 rings (SSSR count). The zero-order valence-corrected chi connectivity index (χ0v) is 26.5. The third-order valence-corrected chi connectivity index (χ3v) is 9.43. The molecule has 0 spiro atoms. The van der Waals surface area contributed by atoms with Gasteiger partial charge in [-0.05, 0) is 59.0 Å². The summed E-state index contributed by atoms with van der Waals surface area (Å²) >= 11 is 0. The van der Waals surface area contributed by atoms with E-state index < -0.39 is 35.7 Å². The second-order valence-corrected chi connectivity index (χ2v) is 14.3. The van der Waals surface area contributed by atoms with Crippen molar-refractivity contribution >= 4 is 29.4 Å². The first-order valence-electron chi connectivity index (χ1n) is 15.6. The van der Waals surface area contributed by atoms with Gasteiger partial charge >= 0.3 is 0 Å². The molecule has 0 bridgehead atoms. The van der Waals surface area contributed by atoms with E-state index in [0.29, 0.717) is 32.2 Å². The van der Waals surface area contributed by atoms with Crippen molar-refractivity contribution in [2.45, 2.75) is 91.8 Å². The van der Waals surface area contributed by atoms with Crippen LogP contribution in [0.1, 0.15) is 71.9 Å². The number of benzene rings is 1. The van der Waals surface area contributed by atoms with Gasteiger partial charge in [0.05, 0.1) is 6.04 Å². The number of nitrogens with one attached hydrogen (secondary N) is 3. The van der Waals surface area contributed by atoms with Crippen LogP contribution in [0.15, 0.2) is 36.9 Å². The second-order valence-electron chi connectivity index (χ2n) is 14.3. The number of likely N-dealkylation sites (tertiary alicyclic amines) is 1. The molecule has 3 aliphatic rings. The van der Waals surface area contributed by atoms with Crippen LogP contribution >= 0.6 is 0 Å². The molecule has 5 atom stereocenters. The van der Waals surface area contributed by atoms with Gasteiger partial charge in [-0.3, -0.25) is 24.0 Å². The summed E-state index contributed by atoms with van der Waals surface area (Å²) in [6.07, 6.45) is 3.97. The number of carbonyl (C=O) groups excluding carboxylic acids is 5. The minimum absolute atomic E-state index is 0.0740. The summed E-state index contributed by atoms with van der Waals surface area (Å²) < 4.78 is 0. The number of ketones is 1. The molecule has 1 saturated carbocycles. The summed E-state index contributed by atoms with van der Waals surface area (Å²) in [6, 6.07) is 5.53. The zero-order chi connectivity index (χ0) is 31.7. The van der Waals surface area contributed by atoms with Gasteiger partial charge in [0.2, 0.25) is 23.5 Å². The average Bonchev–Trinajstić information content (AvgIpc) is 3.30. The fourth-order valence-electron chi connectivity index (χ4n) is 7.13. The van der Waals surface area contributed by atoms with Crippen molar-refractivity contribution in [2.24, 2.45) is 28.6 Å². The van der Waals surface area contributed by atoms with E-state index in [1.165, 1.54) is 17.2 Å². The molecule has 2 fully saturated rings. The molecule has 1 aliphatic heterocycles. The molecular weight excluding hydrogens is 544 g/mol. The van der Waals surface area contributed by atoms with Gasteiger partial charge in [0, 0.05) is 19.5 Å². The van der Waals surface area contributed by atoms with Gasteiger partial charge < -0.3 is 20.9 Å². The topological polar surface area (TPSA) is 125 Å². The van der Waals surface area contributed by atoms with Crippen molar-refractivity contribution in [2.75, 3.05) is 13.1 Å². The Kier molecular flexibility index (Phi) is 9.52. The number of Topliss-reactive ketones (excluding diaryl/α,β-unsaturated/α-hetero) is 1. The van der Waals surface area contributed by atoms with Crippen LogP contribution in [0.4, 0.5) is 0 Å². The highest BCUT2D eigenvalue weighted by Gasteiger charge is 2.69. The molecule has 1 saturated heterocycles. The van der Waals surface area contributed by atoms with E-state index in [2.05, 4.69) is 48.5 Å². The summed E-state index contributed by atoms with van der Waals surface area (Å²) in [4.78, 5) is 68.6. The van der Waals surface area contributed by atoms with Crippen molar-refractivity contribution in [3.63, 3.8) is 0 Å². The molecule has 0 aromatic heterocycles. The number of hydrogen-bond acceptors (Lipinski definition) is 5. The number of carbonyl (C=O) groups is 5. The highest BCUT2D eigenvalue weighted by atomic mass is 16.2. The quantitative estimate of drug-likeness (QED) is 0.254. The van der Waals surface area contributed by atoms with Crippen LogP contribution < -0.4 is 16.0 Å². The van der Waals surface area contributed by atoms with Crippen LogP contribution in [0.2, 0.25) is 0 Å². The molecule has 234 valence electrons. The molecule has 9 nitrogen and oxygen atoms in total. The lowest BCUT2D eigenvalue weighted by atomic mass is 9.90. The van der Waals surface area contributed by atoms with Crippen molar-refractivity contribution in [3.05, 3.63) is 48.0 Å². The third kappa shape index (κ3) is 7.02. The van der Waals surface area contributed by atoms with Crippen LogP contribution in [0.3, 0.4) is 0 Å². The number of hydrogen-bond donors (Lipinski definition) is 3. The molecule has 1 heterocycles. The number of rotatable bonds is 12. The van der Waals surface area contributed by atoms with Crippen molar-refractivity contribution in [3.8, 4) is 0 Å². The number of amides is 4. The third-order valence-electron chi connectivity index (χ3n) is 9.43. The van der Waals surface area contributed by atoms with Crippen LogP contribution in [0.25, 0.3) is 0 Å². The van der Waals surface area contributed by atoms with Gasteiger partial charge in [-0.1, -0.05) is 78.3 Å². The average molecular weight is 593 g/mol. The van der Waals surface area contributed by atoms with Crippen molar-refractivity contribution in [1.29, 1.82) is 0 Å². The monoisotopic (exact) mass is 592 g/mol. The van der Waals surface area contributed by atoms with Gasteiger partial charge in [0.25, 0.3) is 5.91 Å². The lowest BCUT2D eigenvalue weighted by Gasteiger charge is -2.35. The van der Waals surface area contributed by atoms with Gasteiger partial charge in [-0.15, -0.1) is 6.58 Å². The SMILES string of the molecule is C=CCNC(=O)C(=O)C(CCC)NC(=O)C1C2C(CN1C(=O)C(NC(=O)CC(C)(C)C)C1Cc3ccccc3C1)C2(C)C. The van der Waals surface area contributed by atoms with Crippen molar-refractivity contribution in [1.82, 2.24) is 20.9 Å². The molecule has 0 radical (unpaired) electrons. The number of piperidine rings is 1. The van der Waals surface area contributed by atoms with E-state index in [-0.39, 0.29) is 53.4 Å². The predicted molar refractivity (Wildman–Crippen MR) is 165 cm³/mol. The lowest BCUT2D eigenvalue weighted by molar-refractivity contribution is -0.145. The molecular formula is C34H48N4O5. The largest absolute Gasteiger partial charge is 0.346 e. The molecule has 2 aliphatic carbocycles. The molecule has 3 N–H and O–H groups in total. The van der Waals surface area contributed by atoms with E-state index in [0.717, 1.165) is 0 Å². The smallest absolute Gasteiger partial charge is 0.289 e. The number of fused-ring (bicyclic) bond motifs is 2. The Balaban J connectivity index is 1.59. The maximum absolute atomic E-state index is 14.4. The zero-order valence-electron chi connectivity index (χ0n) is 26.5. The van der Waals surface area contributed by atoms with E-state index >= 15 is 0 Å². The Hall–Kier alpha value is -3.49. The van der Waals surface area contributed by atoms with Crippen LogP contribution in [0.5, 0.6) is 0 Å². The molecule has 4 amide bonds. The van der Waals surface area contributed by atoms with E-state index in [9.17, 15) is 24.0 Å². The van der Waals surface area contributed by atoms with Crippen LogP contribution in [0, 0.1) is 28.6 Å². The first-order valence-corrected chi connectivity index (χ1v) is 15.6. The minimum Gasteiger partial charge on any atom is -0.346 e. The minimum atomic E-state index is -0.994. The number of nitrogens with zero attached hydrogens (tertiary/aromatic N) is 1. The van der Waals surface area contributed by atoms with Gasteiger partial charge in [-0.25, -0.2) is 0 Å². The predicted octanol–water partition coefficient (Wildman–Crippen LogP) is 2.96. The normalized spacial score (nSPS) is 23.4. The van der Waals surface area contributed by atoms with Gasteiger partial charge in [0.1, 0.15) is 12.1 Å². The second kappa shape index (κ2) is 12.6. The standard InChI is InChI=1S/C34H48N4O5/c1-8-12-24(29(40)31(42)35-15-9-2)36-30(41)28-26-23(34(26,6)7)19-38(28)32(43)27(37-25(39)18-33(3,4)5)22-16-20-13-10-11-14-21(20)17-22/h9-11,13-14,22-24,26-28H,2,8,12,15-19H2,1,3-7H3,(H,35,42)(H,36,41)(H,37,39). The summed E-state index contributed by atoms with van der Waals surface area (Å²) in [5, 5.41) is 8.40. The molecule has 1 aromatic rings. The van der Waals surface area contributed by atoms with Gasteiger partial charge in [-0.2, -0.15) is 0 Å². The summed E-state index contributed by atoms with van der Waals surface area (Å²) in [6.45, 7) is 16.1. The molecule has 5 unspecified atom stereocenters. The Labute approximate surface area is 255 Å². The maximum Gasteiger partial charge on any atom is 0.289 e. The first-order chi connectivity index (χ1) is 20.2. The van der Waals surface area contributed by atoms with Gasteiger partial charge in [0.15, 0.2) is 0 Å². The highest BCUT2D eigenvalue weighted by molar-refractivity contribution is 6.38. The van der Waals surface area contributed by atoms with E-state index in [1.54, 1.807) is 4.90 Å². The molecule has 43 heavy (non-hydrogen) atoms. The molecule has 9 heteroatoms. The van der Waals surface area contributed by atoms with Crippen LogP contribution in [-0.2, 0) is 36.8 Å². The maximum atomic E-state index is 14.4. The summed E-state index contributed by atoms with van der Waals surface area (Å²) in [7, 11) is 0. The Bertz CT molecular complexity index is 1260. The highest BCUT2D eigenvalue weighted by Crippen LogP contribution is 2.65.